The normalized spacial score (nSPS) is 14.3. The zero-order valence-electron chi connectivity index (χ0n) is 16.4. The molecule has 1 aliphatic rings. The first kappa shape index (κ1) is 19.1. The van der Waals surface area contributed by atoms with Gasteiger partial charge in [-0.05, 0) is 23.8 Å². The lowest BCUT2D eigenvalue weighted by atomic mass is 10.1. The van der Waals surface area contributed by atoms with Gasteiger partial charge >= 0.3 is 0 Å². The van der Waals surface area contributed by atoms with Crippen molar-refractivity contribution in [3.8, 4) is 11.1 Å². The number of carbonyl (C=O) groups excluding carboxylic acids is 1. The molecule has 156 valence electrons. The minimum absolute atomic E-state index is 0.249. The molecule has 1 saturated heterocycles. The van der Waals surface area contributed by atoms with Crippen LogP contribution in [0, 0.1) is 11.6 Å². The number of amides is 1. The van der Waals surface area contributed by atoms with Crippen LogP contribution in [-0.2, 0) is 0 Å². The number of fused-ring (bicyclic) bond motifs is 1. The van der Waals surface area contributed by atoms with Crippen LogP contribution in [0.2, 0.25) is 0 Å². The lowest BCUT2D eigenvalue weighted by Crippen LogP contribution is -2.49. The third kappa shape index (κ3) is 3.48. The molecule has 2 aromatic carbocycles. The van der Waals surface area contributed by atoms with Gasteiger partial charge in [0, 0.05) is 37.9 Å². The van der Waals surface area contributed by atoms with Gasteiger partial charge in [-0.25, -0.2) is 13.8 Å². The summed E-state index contributed by atoms with van der Waals surface area (Å²) < 4.78 is 29.2. The minimum Gasteiger partial charge on any atom is -0.352 e. The quantitative estimate of drug-likeness (QED) is 0.510. The molecule has 0 atom stereocenters. The molecule has 7 nitrogen and oxygen atoms in total. The van der Waals surface area contributed by atoms with Crippen LogP contribution in [0.5, 0.6) is 0 Å². The van der Waals surface area contributed by atoms with E-state index in [2.05, 4.69) is 20.0 Å². The molecular formula is C22H18F2N6O. The second-order valence-electron chi connectivity index (χ2n) is 7.24. The van der Waals surface area contributed by atoms with E-state index in [-0.39, 0.29) is 5.56 Å². The van der Waals surface area contributed by atoms with E-state index in [4.69, 9.17) is 0 Å². The van der Waals surface area contributed by atoms with Crippen LogP contribution in [0.3, 0.4) is 0 Å². The first-order chi connectivity index (χ1) is 15.1. The Labute approximate surface area is 176 Å². The van der Waals surface area contributed by atoms with Gasteiger partial charge in [-0.2, -0.15) is 14.6 Å². The van der Waals surface area contributed by atoms with Crippen molar-refractivity contribution in [2.24, 2.45) is 0 Å². The van der Waals surface area contributed by atoms with Gasteiger partial charge in [-0.1, -0.05) is 30.3 Å². The summed E-state index contributed by atoms with van der Waals surface area (Å²) >= 11 is 0. The lowest BCUT2D eigenvalue weighted by Gasteiger charge is -2.36. The zero-order chi connectivity index (χ0) is 21.4. The van der Waals surface area contributed by atoms with Crippen LogP contribution in [0.1, 0.15) is 10.4 Å². The summed E-state index contributed by atoms with van der Waals surface area (Å²) in [6.45, 7) is 1.73. The topological polar surface area (TPSA) is 66.6 Å². The number of piperazine rings is 1. The molecule has 0 bridgehead atoms. The van der Waals surface area contributed by atoms with E-state index < -0.39 is 17.5 Å². The zero-order valence-corrected chi connectivity index (χ0v) is 16.4. The highest BCUT2D eigenvalue weighted by atomic mass is 19.1. The first-order valence-corrected chi connectivity index (χ1v) is 9.85. The van der Waals surface area contributed by atoms with Gasteiger partial charge in [0.2, 0.25) is 0 Å². The van der Waals surface area contributed by atoms with Gasteiger partial charge in [0.25, 0.3) is 11.7 Å². The molecular weight excluding hydrogens is 402 g/mol. The largest absolute Gasteiger partial charge is 0.352 e. The summed E-state index contributed by atoms with van der Waals surface area (Å²) in [6.07, 6.45) is 3.22. The Balaban J connectivity index is 1.44. The molecule has 0 aliphatic carbocycles. The highest BCUT2D eigenvalue weighted by Gasteiger charge is 2.27. The van der Waals surface area contributed by atoms with Gasteiger partial charge in [-0.15, -0.1) is 0 Å². The molecule has 1 aliphatic heterocycles. The highest BCUT2D eigenvalue weighted by Crippen LogP contribution is 2.31. The molecule has 0 N–H and O–H groups in total. The molecule has 0 spiro atoms. The van der Waals surface area contributed by atoms with Crippen molar-refractivity contribution in [3.63, 3.8) is 0 Å². The summed E-state index contributed by atoms with van der Waals surface area (Å²) in [5, 5.41) is 4.33. The van der Waals surface area contributed by atoms with Crippen LogP contribution in [-0.4, -0.2) is 56.6 Å². The molecule has 0 unspecified atom stereocenters. The van der Waals surface area contributed by atoms with Crippen LogP contribution >= 0.6 is 0 Å². The van der Waals surface area contributed by atoms with E-state index in [1.807, 2.05) is 30.3 Å². The number of anilines is 1. The third-order valence-corrected chi connectivity index (χ3v) is 5.39. The van der Waals surface area contributed by atoms with Gasteiger partial charge in [0.15, 0.2) is 0 Å². The molecule has 4 aromatic rings. The SMILES string of the molecule is O=C(c1cc(F)ccc1F)N1CCN(c2c(-c3ccccc3)cnc3ncnn23)CC1. The van der Waals surface area contributed by atoms with Gasteiger partial charge in [0.05, 0.1) is 5.56 Å². The van der Waals surface area contributed by atoms with E-state index in [1.165, 1.54) is 11.2 Å². The van der Waals surface area contributed by atoms with Crippen molar-refractivity contribution in [2.75, 3.05) is 31.1 Å². The molecule has 9 heteroatoms. The summed E-state index contributed by atoms with van der Waals surface area (Å²) in [4.78, 5) is 25.0. The second kappa shape index (κ2) is 7.75. The minimum atomic E-state index is -0.723. The number of hydrogen-bond donors (Lipinski definition) is 0. The molecule has 2 aromatic heterocycles. The summed E-state index contributed by atoms with van der Waals surface area (Å²) in [5.41, 5.74) is 1.64. The summed E-state index contributed by atoms with van der Waals surface area (Å²) in [7, 11) is 0. The monoisotopic (exact) mass is 420 g/mol. The number of benzene rings is 2. The lowest BCUT2D eigenvalue weighted by molar-refractivity contribution is 0.0741. The number of halogens is 2. The van der Waals surface area contributed by atoms with Crippen molar-refractivity contribution in [3.05, 3.63) is 78.3 Å². The van der Waals surface area contributed by atoms with Crippen molar-refractivity contribution >= 4 is 17.5 Å². The Hall–Kier alpha value is -3.88. The fraction of sp³-hybridized carbons (Fsp3) is 0.182. The maximum atomic E-state index is 14.0. The van der Waals surface area contributed by atoms with Crippen LogP contribution in [0.25, 0.3) is 16.9 Å². The summed E-state index contributed by atoms with van der Waals surface area (Å²) in [6, 6.07) is 12.8. The molecule has 5 rings (SSSR count). The van der Waals surface area contributed by atoms with E-state index in [1.54, 1.807) is 10.7 Å². The van der Waals surface area contributed by atoms with Gasteiger partial charge < -0.3 is 9.80 Å². The predicted molar refractivity (Wildman–Crippen MR) is 111 cm³/mol. The number of nitrogens with zero attached hydrogens (tertiary/aromatic N) is 6. The van der Waals surface area contributed by atoms with Crippen molar-refractivity contribution in [1.29, 1.82) is 0 Å². The Morgan fingerprint density at radius 2 is 1.71 bits per heavy atom. The molecule has 1 fully saturated rings. The Bertz CT molecular complexity index is 1250. The Morgan fingerprint density at radius 3 is 2.48 bits per heavy atom. The van der Waals surface area contributed by atoms with E-state index in [0.29, 0.717) is 32.0 Å². The van der Waals surface area contributed by atoms with E-state index >= 15 is 0 Å². The van der Waals surface area contributed by atoms with Crippen LogP contribution in [0.4, 0.5) is 14.6 Å². The van der Waals surface area contributed by atoms with Crippen molar-refractivity contribution in [2.45, 2.75) is 0 Å². The maximum Gasteiger partial charge on any atom is 0.257 e. The van der Waals surface area contributed by atoms with E-state index in [9.17, 15) is 13.6 Å². The fourth-order valence-corrected chi connectivity index (χ4v) is 3.85. The van der Waals surface area contributed by atoms with Crippen LogP contribution < -0.4 is 4.90 Å². The highest BCUT2D eigenvalue weighted by molar-refractivity contribution is 5.94. The third-order valence-electron chi connectivity index (χ3n) is 5.39. The average Bonchev–Trinajstić information content (AvgIpc) is 3.29. The average molecular weight is 420 g/mol. The van der Waals surface area contributed by atoms with E-state index in [0.717, 1.165) is 35.1 Å². The van der Waals surface area contributed by atoms with Crippen molar-refractivity contribution < 1.29 is 13.6 Å². The fourth-order valence-electron chi connectivity index (χ4n) is 3.85. The number of hydrogen-bond acceptors (Lipinski definition) is 5. The number of aromatic nitrogens is 4. The second-order valence-corrected chi connectivity index (χ2v) is 7.24. The maximum absolute atomic E-state index is 14.0. The van der Waals surface area contributed by atoms with Gasteiger partial charge in [-0.3, -0.25) is 4.79 Å². The Kier molecular flexibility index (Phi) is 4.78. The molecule has 0 radical (unpaired) electrons. The number of carbonyl (C=O) groups is 1. The number of rotatable bonds is 3. The van der Waals surface area contributed by atoms with Crippen LogP contribution in [0.15, 0.2) is 61.1 Å². The molecule has 0 saturated carbocycles. The Morgan fingerprint density at radius 1 is 0.935 bits per heavy atom. The standard InChI is InChI=1S/C22H18F2N6O/c23-16-6-7-19(24)17(12-16)21(31)29-10-8-28(9-11-29)20-18(15-4-2-1-3-5-15)13-25-22-26-14-27-30(20)22/h1-7,12-14H,8-11H2. The van der Waals surface area contributed by atoms with Crippen molar-refractivity contribution in [1.82, 2.24) is 24.5 Å². The van der Waals surface area contributed by atoms with Gasteiger partial charge in [0.1, 0.15) is 23.8 Å². The molecule has 1 amide bonds. The molecule has 31 heavy (non-hydrogen) atoms. The first-order valence-electron chi connectivity index (χ1n) is 9.85. The molecule has 3 heterocycles. The smallest absolute Gasteiger partial charge is 0.257 e. The summed E-state index contributed by atoms with van der Waals surface area (Å²) in [5.74, 6) is -0.562. The predicted octanol–water partition coefficient (Wildman–Crippen LogP) is 3.03.